The first-order valence-electron chi connectivity index (χ1n) is 4.48. The Balaban J connectivity index is 2.80. The number of nitrogens with two attached hydrogens (primary N) is 1. The van der Waals surface area contributed by atoms with Gasteiger partial charge in [-0.1, -0.05) is 17.7 Å². The molecule has 0 aliphatic heterocycles. The first-order chi connectivity index (χ1) is 7.04. The zero-order valence-electron chi connectivity index (χ0n) is 8.58. The van der Waals surface area contributed by atoms with E-state index in [9.17, 15) is 4.79 Å². The molecule has 5 heteroatoms. The largest absolute Gasteiger partial charge is 0.479 e. The van der Waals surface area contributed by atoms with Gasteiger partial charge in [-0.15, -0.1) is 0 Å². The summed E-state index contributed by atoms with van der Waals surface area (Å²) in [6.45, 7) is 3.51. The molecule has 82 valence electrons. The minimum absolute atomic E-state index is 0.396. The summed E-state index contributed by atoms with van der Waals surface area (Å²) in [4.78, 5) is 11.1. The third kappa shape index (κ3) is 3.11. The monoisotopic (exact) mass is 228 g/mol. The van der Waals surface area contributed by atoms with Crippen molar-refractivity contribution in [3.8, 4) is 5.75 Å². The molecule has 0 radical (unpaired) electrons. The van der Waals surface area contributed by atoms with Gasteiger partial charge in [-0.3, -0.25) is 10.2 Å². The first-order valence-corrected chi connectivity index (χ1v) is 4.85. The van der Waals surface area contributed by atoms with Crippen LogP contribution in [0.2, 0.25) is 5.02 Å². The Morgan fingerprint density at radius 2 is 2.27 bits per heavy atom. The Kier molecular flexibility index (Phi) is 3.94. The van der Waals surface area contributed by atoms with Gasteiger partial charge in [0.25, 0.3) is 5.91 Å². The van der Waals surface area contributed by atoms with E-state index in [1.807, 2.05) is 18.4 Å². The maximum atomic E-state index is 11.1. The van der Waals surface area contributed by atoms with Crippen LogP contribution in [0.1, 0.15) is 12.5 Å². The Hall–Kier alpha value is -1.26. The van der Waals surface area contributed by atoms with E-state index in [0.29, 0.717) is 10.8 Å². The summed E-state index contributed by atoms with van der Waals surface area (Å²) in [5.41, 5.74) is 3.02. The molecule has 0 aromatic heterocycles. The highest BCUT2D eigenvalue weighted by Gasteiger charge is 2.14. The number of halogens is 1. The van der Waals surface area contributed by atoms with Gasteiger partial charge in [-0.2, -0.15) is 0 Å². The van der Waals surface area contributed by atoms with Gasteiger partial charge in [0, 0.05) is 0 Å². The van der Waals surface area contributed by atoms with Crippen molar-refractivity contribution in [1.29, 1.82) is 0 Å². The quantitative estimate of drug-likeness (QED) is 0.467. The van der Waals surface area contributed by atoms with E-state index in [1.54, 1.807) is 19.1 Å². The Bertz CT molecular complexity index is 368. The highest BCUT2D eigenvalue weighted by atomic mass is 35.5. The molecule has 0 unspecified atom stereocenters. The number of hydrazine groups is 1. The van der Waals surface area contributed by atoms with Gasteiger partial charge < -0.3 is 4.74 Å². The lowest BCUT2D eigenvalue weighted by atomic mass is 10.2. The number of carbonyl (C=O) groups excluding carboxylic acids is 1. The van der Waals surface area contributed by atoms with E-state index in [0.717, 1.165) is 5.56 Å². The molecule has 0 saturated carbocycles. The fraction of sp³-hybridized carbons (Fsp3) is 0.300. The number of hydrogen-bond acceptors (Lipinski definition) is 3. The molecular formula is C10H13ClN2O2. The minimum Gasteiger partial charge on any atom is -0.479 e. The lowest BCUT2D eigenvalue weighted by Gasteiger charge is -2.14. The zero-order valence-corrected chi connectivity index (χ0v) is 9.34. The van der Waals surface area contributed by atoms with Crippen LogP contribution in [-0.2, 0) is 4.79 Å². The molecule has 4 nitrogen and oxygen atoms in total. The molecule has 0 spiro atoms. The van der Waals surface area contributed by atoms with Crippen LogP contribution in [0.5, 0.6) is 5.75 Å². The molecule has 1 atom stereocenters. The van der Waals surface area contributed by atoms with Gasteiger partial charge in [0.2, 0.25) is 0 Å². The van der Waals surface area contributed by atoms with Crippen LogP contribution in [0.3, 0.4) is 0 Å². The fourth-order valence-electron chi connectivity index (χ4n) is 1.06. The van der Waals surface area contributed by atoms with E-state index in [4.69, 9.17) is 22.2 Å². The van der Waals surface area contributed by atoms with Crippen molar-refractivity contribution in [3.05, 3.63) is 28.8 Å². The molecular weight excluding hydrogens is 216 g/mol. The summed E-state index contributed by atoms with van der Waals surface area (Å²) in [5, 5.41) is 0.470. The van der Waals surface area contributed by atoms with E-state index < -0.39 is 12.0 Å². The van der Waals surface area contributed by atoms with E-state index in [1.165, 1.54) is 0 Å². The highest BCUT2D eigenvalue weighted by Crippen LogP contribution is 2.26. The van der Waals surface area contributed by atoms with Gasteiger partial charge in [0.1, 0.15) is 5.75 Å². The molecule has 15 heavy (non-hydrogen) atoms. The number of amides is 1. The number of carbonyl (C=O) groups is 1. The summed E-state index contributed by atoms with van der Waals surface area (Å²) in [6, 6.07) is 5.35. The molecule has 1 aromatic carbocycles. The lowest BCUT2D eigenvalue weighted by molar-refractivity contribution is -0.127. The van der Waals surface area contributed by atoms with Crippen molar-refractivity contribution in [2.75, 3.05) is 0 Å². The number of hydrogen-bond donors (Lipinski definition) is 2. The molecule has 3 N–H and O–H groups in total. The molecule has 1 aromatic rings. The van der Waals surface area contributed by atoms with Crippen LogP contribution in [-0.4, -0.2) is 12.0 Å². The second-order valence-corrected chi connectivity index (χ2v) is 3.61. The number of benzene rings is 1. The average Bonchev–Trinajstić information content (AvgIpc) is 2.22. The maximum absolute atomic E-state index is 11.1. The summed E-state index contributed by atoms with van der Waals surface area (Å²) >= 11 is 5.90. The predicted molar refractivity (Wildman–Crippen MR) is 58.6 cm³/mol. The van der Waals surface area contributed by atoms with Crippen LogP contribution in [0.4, 0.5) is 0 Å². The molecule has 0 saturated heterocycles. The van der Waals surface area contributed by atoms with E-state index >= 15 is 0 Å². The van der Waals surface area contributed by atoms with Gasteiger partial charge >= 0.3 is 0 Å². The summed E-state index contributed by atoms with van der Waals surface area (Å²) in [7, 11) is 0. The van der Waals surface area contributed by atoms with E-state index in [2.05, 4.69) is 0 Å². The molecule has 0 heterocycles. The van der Waals surface area contributed by atoms with Crippen LogP contribution < -0.4 is 16.0 Å². The van der Waals surface area contributed by atoms with Gasteiger partial charge in [0.05, 0.1) is 5.02 Å². The highest BCUT2D eigenvalue weighted by molar-refractivity contribution is 6.32. The van der Waals surface area contributed by atoms with Gasteiger partial charge in [-0.05, 0) is 31.5 Å². The standard InChI is InChI=1S/C10H13ClN2O2/c1-6-3-4-8(11)9(5-6)15-7(2)10(14)13-12/h3-5,7H,12H2,1-2H3,(H,13,14)/t7-/m0/s1. The molecule has 1 rings (SSSR count). The van der Waals surface area contributed by atoms with Crippen LogP contribution >= 0.6 is 11.6 Å². The predicted octanol–water partition coefficient (Wildman–Crippen LogP) is 1.41. The zero-order chi connectivity index (χ0) is 11.4. The molecule has 1 amide bonds. The van der Waals surface area contributed by atoms with Gasteiger partial charge in [0.15, 0.2) is 6.10 Å². The second kappa shape index (κ2) is 5.00. The average molecular weight is 229 g/mol. The number of nitrogens with one attached hydrogen (secondary N) is 1. The molecule has 0 bridgehead atoms. The van der Waals surface area contributed by atoms with Crippen molar-refractivity contribution in [3.63, 3.8) is 0 Å². The SMILES string of the molecule is Cc1ccc(Cl)c(O[C@@H](C)C(=O)NN)c1. The topological polar surface area (TPSA) is 64.3 Å². The van der Waals surface area contributed by atoms with E-state index in [-0.39, 0.29) is 0 Å². The summed E-state index contributed by atoms with van der Waals surface area (Å²) in [5.74, 6) is 5.07. The van der Waals surface area contributed by atoms with Crippen molar-refractivity contribution in [1.82, 2.24) is 5.43 Å². The summed E-state index contributed by atoms with van der Waals surface area (Å²) < 4.78 is 5.35. The van der Waals surface area contributed by atoms with Gasteiger partial charge in [-0.25, -0.2) is 5.84 Å². The second-order valence-electron chi connectivity index (χ2n) is 3.20. The Morgan fingerprint density at radius 3 is 2.87 bits per heavy atom. The van der Waals surface area contributed by atoms with Crippen LogP contribution in [0.15, 0.2) is 18.2 Å². The Morgan fingerprint density at radius 1 is 1.60 bits per heavy atom. The number of ether oxygens (including phenoxy) is 1. The Labute approximate surface area is 93.3 Å². The minimum atomic E-state index is -0.672. The van der Waals surface area contributed by atoms with Crippen molar-refractivity contribution in [2.45, 2.75) is 20.0 Å². The lowest BCUT2D eigenvalue weighted by Crippen LogP contribution is -2.40. The van der Waals surface area contributed by atoms with Crippen LogP contribution in [0.25, 0.3) is 0 Å². The number of rotatable bonds is 3. The third-order valence-corrected chi connectivity index (χ3v) is 2.21. The number of aryl methyl sites for hydroxylation is 1. The molecule has 0 aliphatic rings. The smallest absolute Gasteiger partial charge is 0.274 e. The normalized spacial score (nSPS) is 12.0. The van der Waals surface area contributed by atoms with Crippen molar-refractivity contribution >= 4 is 17.5 Å². The van der Waals surface area contributed by atoms with Crippen LogP contribution in [0, 0.1) is 6.92 Å². The van der Waals surface area contributed by atoms with Crippen molar-refractivity contribution in [2.24, 2.45) is 5.84 Å². The maximum Gasteiger partial charge on any atom is 0.274 e. The first kappa shape index (κ1) is 11.8. The fourth-order valence-corrected chi connectivity index (χ4v) is 1.22. The molecule has 0 aliphatic carbocycles. The molecule has 0 fully saturated rings. The van der Waals surface area contributed by atoms with Crippen molar-refractivity contribution < 1.29 is 9.53 Å². The summed E-state index contributed by atoms with van der Waals surface area (Å²) in [6.07, 6.45) is -0.672. The third-order valence-electron chi connectivity index (χ3n) is 1.90.